The first kappa shape index (κ1) is 13.3. The lowest BCUT2D eigenvalue weighted by Crippen LogP contribution is -2.38. The van der Waals surface area contributed by atoms with Crippen molar-refractivity contribution in [3.05, 3.63) is 23.9 Å². The van der Waals surface area contributed by atoms with Crippen LogP contribution in [0.3, 0.4) is 0 Å². The fourth-order valence-electron chi connectivity index (χ4n) is 1.27. The largest absolute Gasteiger partial charge is 0.512 e. The number of ether oxygens (including phenoxy) is 1. The van der Waals surface area contributed by atoms with Crippen molar-refractivity contribution < 1.29 is 23.4 Å². The monoisotopic (exact) mass is 245 g/mol. The molecule has 0 fully saturated rings. The van der Waals surface area contributed by atoms with Crippen molar-refractivity contribution in [2.24, 2.45) is 0 Å². The fraction of sp³-hybridized carbons (Fsp3) is 0.455. The zero-order valence-electron chi connectivity index (χ0n) is 9.70. The minimum Gasteiger partial charge on any atom is -0.449 e. The fourth-order valence-corrected chi connectivity index (χ4v) is 1.27. The molecule has 0 saturated carbocycles. The first-order valence-electron chi connectivity index (χ1n) is 4.90. The molecule has 94 valence electrons. The molecular weight excluding hydrogens is 232 g/mol. The molecule has 0 amide bonds. The summed E-state index contributed by atoms with van der Waals surface area (Å²) in [4.78, 5) is 14.1. The van der Waals surface area contributed by atoms with E-state index in [-0.39, 0.29) is 11.4 Å². The van der Waals surface area contributed by atoms with Gasteiger partial charge in [-0.3, -0.25) is 0 Å². The summed E-state index contributed by atoms with van der Waals surface area (Å²) in [5.41, 5.74) is -1.53. The van der Waals surface area contributed by atoms with Gasteiger partial charge in [0.25, 0.3) is 5.92 Å². The van der Waals surface area contributed by atoms with E-state index in [2.05, 4.69) is 9.72 Å². The van der Waals surface area contributed by atoms with Gasteiger partial charge in [0.05, 0.1) is 5.41 Å². The topological polar surface area (TPSA) is 59.4 Å². The molecule has 0 unspecified atom stereocenters. The number of aromatic nitrogens is 1. The molecule has 0 aliphatic rings. The van der Waals surface area contributed by atoms with Gasteiger partial charge in [-0.25, -0.2) is 18.6 Å². The molecule has 1 aromatic heterocycles. The van der Waals surface area contributed by atoms with E-state index in [1.54, 1.807) is 0 Å². The predicted octanol–water partition coefficient (Wildman–Crippen LogP) is 3.07. The Hall–Kier alpha value is -1.72. The van der Waals surface area contributed by atoms with E-state index in [9.17, 15) is 13.6 Å². The molecule has 6 heteroatoms. The van der Waals surface area contributed by atoms with Gasteiger partial charge in [-0.1, -0.05) is 6.07 Å². The molecule has 17 heavy (non-hydrogen) atoms. The summed E-state index contributed by atoms with van der Waals surface area (Å²) in [5.74, 6) is -3.35. The maximum Gasteiger partial charge on any atom is 0.512 e. The van der Waals surface area contributed by atoms with Crippen LogP contribution in [0.15, 0.2) is 18.3 Å². The van der Waals surface area contributed by atoms with E-state index >= 15 is 0 Å². The number of alkyl halides is 2. The number of halogens is 2. The second kappa shape index (κ2) is 4.27. The Morgan fingerprint density at radius 2 is 2.00 bits per heavy atom. The second-order valence-corrected chi connectivity index (χ2v) is 4.24. The van der Waals surface area contributed by atoms with E-state index in [0.29, 0.717) is 0 Å². The van der Waals surface area contributed by atoms with E-state index < -0.39 is 17.5 Å². The van der Waals surface area contributed by atoms with Crippen molar-refractivity contribution >= 4 is 6.16 Å². The van der Waals surface area contributed by atoms with E-state index in [1.165, 1.54) is 32.2 Å². The van der Waals surface area contributed by atoms with Crippen LogP contribution < -0.4 is 4.74 Å². The Kier molecular flexibility index (Phi) is 3.35. The molecule has 1 heterocycles. The van der Waals surface area contributed by atoms with Crippen molar-refractivity contribution in [1.82, 2.24) is 4.98 Å². The van der Waals surface area contributed by atoms with Crippen molar-refractivity contribution in [2.75, 3.05) is 0 Å². The third kappa shape index (κ3) is 2.69. The zero-order chi connectivity index (χ0) is 13.3. The molecule has 0 saturated heterocycles. The molecule has 0 atom stereocenters. The second-order valence-electron chi connectivity index (χ2n) is 4.24. The predicted molar refractivity (Wildman–Crippen MR) is 56.5 cm³/mol. The highest BCUT2D eigenvalue weighted by atomic mass is 19.3. The van der Waals surface area contributed by atoms with Gasteiger partial charge in [0.2, 0.25) is 5.88 Å². The first-order valence-corrected chi connectivity index (χ1v) is 4.90. The van der Waals surface area contributed by atoms with Gasteiger partial charge in [-0.15, -0.1) is 0 Å². The molecule has 0 aliphatic heterocycles. The summed E-state index contributed by atoms with van der Waals surface area (Å²) in [7, 11) is 0. The summed E-state index contributed by atoms with van der Waals surface area (Å²) in [5, 5.41) is 8.51. The van der Waals surface area contributed by atoms with Crippen molar-refractivity contribution in [3.63, 3.8) is 0 Å². The van der Waals surface area contributed by atoms with Crippen LogP contribution in [0.1, 0.15) is 26.3 Å². The zero-order valence-corrected chi connectivity index (χ0v) is 9.70. The van der Waals surface area contributed by atoms with Gasteiger partial charge in [0.15, 0.2) is 0 Å². The Bertz CT molecular complexity index is 427. The van der Waals surface area contributed by atoms with Crippen molar-refractivity contribution in [3.8, 4) is 5.88 Å². The van der Waals surface area contributed by atoms with Crippen LogP contribution in [0, 0.1) is 0 Å². The number of hydrogen-bond acceptors (Lipinski definition) is 3. The SMILES string of the molecule is CC(F)(F)C(C)(C)c1cccnc1OC(=O)O. The molecule has 0 spiro atoms. The lowest BCUT2D eigenvalue weighted by Gasteiger charge is -2.32. The van der Waals surface area contributed by atoms with E-state index in [1.807, 2.05) is 0 Å². The van der Waals surface area contributed by atoms with Crippen LogP contribution >= 0.6 is 0 Å². The average molecular weight is 245 g/mol. The lowest BCUT2D eigenvalue weighted by molar-refractivity contribution is -0.0478. The quantitative estimate of drug-likeness (QED) is 0.831. The summed E-state index contributed by atoms with van der Waals surface area (Å²) in [6, 6.07) is 2.83. The molecule has 0 radical (unpaired) electrons. The third-order valence-electron chi connectivity index (χ3n) is 2.73. The van der Waals surface area contributed by atoms with Crippen LogP contribution in [-0.2, 0) is 5.41 Å². The van der Waals surface area contributed by atoms with Gasteiger partial charge < -0.3 is 9.84 Å². The van der Waals surface area contributed by atoms with E-state index in [4.69, 9.17) is 5.11 Å². The Morgan fingerprint density at radius 1 is 1.41 bits per heavy atom. The number of hydrogen-bond donors (Lipinski definition) is 1. The molecule has 0 aliphatic carbocycles. The number of carboxylic acid groups (broad SMARTS) is 1. The number of nitrogens with zero attached hydrogens (tertiary/aromatic N) is 1. The highest BCUT2D eigenvalue weighted by molar-refractivity contribution is 5.61. The van der Waals surface area contributed by atoms with E-state index in [0.717, 1.165) is 6.92 Å². The van der Waals surface area contributed by atoms with Crippen LogP contribution in [0.5, 0.6) is 5.88 Å². The maximum atomic E-state index is 13.5. The van der Waals surface area contributed by atoms with Gasteiger partial charge in [-0.2, -0.15) is 0 Å². The summed E-state index contributed by atoms with van der Waals surface area (Å²) >= 11 is 0. The van der Waals surface area contributed by atoms with Gasteiger partial charge in [0.1, 0.15) is 0 Å². The maximum absolute atomic E-state index is 13.5. The summed E-state index contributed by atoms with van der Waals surface area (Å²) in [6.45, 7) is 3.38. The molecule has 4 nitrogen and oxygen atoms in total. The minimum atomic E-state index is -3.04. The molecule has 1 aromatic rings. The van der Waals surface area contributed by atoms with Crippen LogP contribution in [-0.4, -0.2) is 22.2 Å². The smallest absolute Gasteiger partial charge is 0.449 e. The molecule has 0 aromatic carbocycles. The third-order valence-corrected chi connectivity index (χ3v) is 2.73. The summed E-state index contributed by atoms with van der Waals surface area (Å²) in [6.07, 6.45) is -0.300. The molecular formula is C11H13F2NO3. The molecule has 1 rings (SSSR count). The molecule has 1 N–H and O–H groups in total. The highest BCUT2D eigenvalue weighted by Crippen LogP contribution is 2.41. The summed E-state index contributed by atoms with van der Waals surface area (Å²) < 4.78 is 31.3. The van der Waals surface area contributed by atoms with Gasteiger partial charge >= 0.3 is 6.16 Å². The van der Waals surface area contributed by atoms with Crippen molar-refractivity contribution in [2.45, 2.75) is 32.1 Å². The Balaban J connectivity index is 3.26. The van der Waals surface area contributed by atoms with Gasteiger partial charge in [-0.05, 0) is 19.9 Å². The van der Waals surface area contributed by atoms with Crippen molar-refractivity contribution in [1.29, 1.82) is 0 Å². The normalized spacial score (nSPS) is 12.3. The number of carbonyl (C=O) groups is 1. The number of rotatable bonds is 3. The van der Waals surface area contributed by atoms with Gasteiger partial charge in [0, 0.05) is 18.7 Å². The Labute approximate surface area is 97.2 Å². The van der Waals surface area contributed by atoms with Crippen LogP contribution in [0.25, 0.3) is 0 Å². The number of pyridine rings is 1. The van der Waals surface area contributed by atoms with Crippen LogP contribution in [0.2, 0.25) is 0 Å². The standard InChI is InChI=1S/C11H13F2NO3/c1-10(2,11(3,12)13)7-5-4-6-14-8(7)17-9(15)16/h4-6H,1-3H3,(H,15,16). The minimum absolute atomic E-state index is 0.0508. The molecule has 0 bridgehead atoms. The average Bonchev–Trinajstić information content (AvgIpc) is 2.15. The lowest BCUT2D eigenvalue weighted by atomic mass is 9.80. The van der Waals surface area contributed by atoms with Crippen LogP contribution in [0.4, 0.5) is 13.6 Å². The highest BCUT2D eigenvalue weighted by Gasteiger charge is 2.45. The Morgan fingerprint density at radius 3 is 2.47 bits per heavy atom. The first-order chi connectivity index (χ1) is 7.66.